The number of hydrogen-bond donors (Lipinski definition) is 1. The highest BCUT2D eigenvalue weighted by Gasteiger charge is 2.31. The Bertz CT molecular complexity index is 563. The summed E-state index contributed by atoms with van der Waals surface area (Å²) in [6.45, 7) is 2.08. The fraction of sp³-hybridized carbons (Fsp3) is 0.400. The Labute approximate surface area is 117 Å². The second-order valence-electron chi connectivity index (χ2n) is 5.28. The van der Waals surface area contributed by atoms with E-state index in [1.54, 1.807) is 0 Å². The van der Waals surface area contributed by atoms with Gasteiger partial charge in [-0.2, -0.15) is 8.98 Å². The fourth-order valence-electron chi connectivity index (χ4n) is 2.87. The lowest BCUT2D eigenvalue weighted by molar-refractivity contribution is 0.280. The summed E-state index contributed by atoms with van der Waals surface area (Å²) in [5.74, 6) is 0.974. The van der Waals surface area contributed by atoms with Crippen LogP contribution in [-0.2, 0) is 0 Å². The van der Waals surface area contributed by atoms with Gasteiger partial charge in [0.15, 0.2) is 0 Å². The van der Waals surface area contributed by atoms with E-state index in [1.807, 2.05) is 24.4 Å². The average molecular weight is 276 g/mol. The molecule has 19 heavy (non-hydrogen) atoms. The van der Waals surface area contributed by atoms with Crippen molar-refractivity contribution < 1.29 is 3.89 Å². The number of nitrogens with one attached hydrogen (secondary N) is 1. The van der Waals surface area contributed by atoms with Gasteiger partial charge < -0.3 is 0 Å². The highest BCUT2D eigenvalue weighted by atomic mass is 32.2. The molecule has 0 saturated heterocycles. The minimum absolute atomic E-state index is 0.313. The second-order valence-corrected chi connectivity index (χ2v) is 5.91. The van der Waals surface area contributed by atoms with E-state index >= 15 is 0 Å². The first-order valence-corrected chi connectivity index (χ1v) is 7.39. The summed E-state index contributed by atoms with van der Waals surface area (Å²) in [6, 6.07) is 7.82. The molecular weight excluding hydrogens is 259 g/mol. The van der Waals surface area contributed by atoms with Gasteiger partial charge in [0.25, 0.3) is 0 Å². The number of rotatable bonds is 4. The van der Waals surface area contributed by atoms with Crippen LogP contribution < -0.4 is 0 Å². The van der Waals surface area contributed by atoms with Gasteiger partial charge in [0.1, 0.15) is 0 Å². The number of aryl methyl sites for hydroxylation is 1. The molecule has 4 heteroatoms. The van der Waals surface area contributed by atoms with Gasteiger partial charge in [-0.05, 0) is 48.9 Å². The largest absolute Gasteiger partial charge is 0.282 e. The van der Waals surface area contributed by atoms with Crippen molar-refractivity contribution in [2.24, 2.45) is 5.92 Å². The molecule has 0 spiro atoms. The van der Waals surface area contributed by atoms with Crippen molar-refractivity contribution in [3.05, 3.63) is 47.3 Å². The van der Waals surface area contributed by atoms with Gasteiger partial charge in [0.05, 0.1) is 18.3 Å². The zero-order valence-electron chi connectivity index (χ0n) is 10.9. The predicted octanol–water partition coefficient (Wildman–Crippen LogP) is 4.63. The smallest absolute Gasteiger partial charge is 0.0812 e. The summed E-state index contributed by atoms with van der Waals surface area (Å²) in [6.07, 6.45) is 5.66. The highest BCUT2D eigenvalue weighted by molar-refractivity contribution is 7.94. The lowest BCUT2D eigenvalue weighted by atomic mass is 9.71. The van der Waals surface area contributed by atoms with Gasteiger partial charge in [-0.15, -0.1) is 0 Å². The lowest BCUT2D eigenvalue weighted by Crippen LogP contribution is -2.22. The molecule has 1 aliphatic rings. The molecule has 1 unspecified atom stereocenters. The van der Waals surface area contributed by atoms with Crippen LogP contribution in [0.5, 0.6) is 0 Å². The molecule has 0 radical (unpaired) electrons. The van der Waals surface area contributed by atoms with Crippen LogP contribution in [0.15, 0.2) is 35.4 Å². The first kappa shape index (κ1) is 12.7. The number of halogens is 1. The van der Waals surface area contributed by atoms with Crippen molar-refractivity contribution in [2.75, 3.05) is 0 Å². The zero-order chi connectivity index (χ0) is 13.2. The summed E-state index contributed by atoms with van der Waals surface area (Å²) in [5, 5.41) is 7.29. The summed E-state index contributed by atoms with van der Waals surface area (Å²) in [4.78, 5) is 0.680. The molecule has 1 atom stereocenters. The van der Waals surface area contributed by atoms with E-state index in [-0.39, 0.29) is 0 Å². The van der Waals surface area contributed by atoms with Crippen LogP contribution in [0.25, 0.3) is 0 Å². The van der Waals surface area contributed by atoms with Gasteiger partial charge in [-0.1, -0.05) is 18.6 Å². The second kappa shape index (κ2) is 5.37. The topological polar surface area (TPSA) is 28.7 Å². The monoisotopic (exact) mass is 276 g/mol. The highest BCUT2D eigenvalue weighted by Crippen LogP contribution is 2.44. The first-order chi connectivity index (χ1) is 9.29. The van der Waals surface area contributed by atoms with Crippen molar-refractivity contribution in [1.82, 2.24) is 10.2 Å². The zero-order valence-corrected chi connectivity index (χ0v) is 11.7. The van der Waals surface area contributed by atoms with Crippen LogP contribution in [0.3, 0.4) is 0 Å². The molecule has 1 aromatic heterocycles. The SMILES string of the molecule is Cc1cn[nH]c1C(c1cccc(SF)c1)C1CCC1. The van der Waals surface area contributed by atoms with Crippen LogP contribution in [0.4, 0.5) is 3.89 Å². The molecule has 1 N–H and O–H groups in total. The molecule has 3 rings (SSSR count). The number of nitrogens with zero attached hydrogens (tertiary/aromatic N) is 1. The molecule has 0 amide bonds. The third kappa shape index (κ3) is 2.41. The maximum Gasteiger partial charge on any atom is 0.0812 e. The normalized spacial score (nSPS) is 17.2. The molecule has 1 heterocycles. The van der Waals surface area contributed by atoms with Gasteiger partial charge >= 0.3 is 0 Å². The Morgan fingerprint density at radius 2 is 2.26 bits per heavy atom. The fourth-order valence-corrected chi connectivity index (χ4v) is 3.19. The number of aromatic nitrogens is 2. The number of aromatic amines is 1. The Kier molecular flexibility index (Phi) is 3.60. The maximum absolute atomic E-state index is 12.8. The number of H-pyrrole nitrogens is 1. The van der Waals surface area contributed by atoms with Gasteiger partial charge in [0.2, 0.25) is 0 Å². The summed E-state index contributed by atoms with van der Waals surface area (Å²) in [7, 11) is 0. The molecule has 1 aliphatic carbocycles. The summed E-state index contributed by atoms with van der Waals surface area (Å²) >= 11 is 0.313. The summed E-state index contributed by atoms with van der Waals surface area (Å²) in [5.41, 5.74) is 3.57. The maximum atomic E-state index is 12.8. The average Bonchev–Trinajstić information content (AvgIpc) is 2.79. The predicted molar refractivity (Wildman–Crippen MR) is 75.9 cm³/mol. The Hall–Kier alpha value is -1.29. The molecule has 1 saturated carbocycles. The van der Waals surface area contributed by atoms with Crippen LogP contribution in [0.2, 0.25) is 0 Å². The van der Waals surface area contributed by atoms with E-state index in [2.05, 4.69) is 23.2 Å². The summed E-state index contributed by atoms with van der Waals surface area (Å²) < 4.78 is 12.8. The number of benzene rings is 1. The molecule has 1 aromatic carbocycles. The van der Waals surface area contributed by atoms with Crippen molar-refractivity contribution in [1.29, 1.82) is 0 Å². The molecular formula is C15H17FN2S. The van der Waals surface area contributed by atoms with Crippen LogP contribution in [0.1, 0.15) is 42.0 Å². The quantitative estimate of drug-likeness (QED) is 0.882. The number of hydrogen-bond acceptors (Lipinski definition) is 2. The van der Waals surface area contributed by atoms with E-state index in [9.17, 15) is 3.89 Å². The first-order valence-electron chi connectivity index (χ1n) is 6.68. The lowest BCUT2D eigenvalue weighted by Gasteiger charge is -2.34. The minimum Gasteiger partial charge on any atom is -0.282 e. The van der Waals surface area contributed by atoms with Crippen molar-refractivity contribution in [3.63, 3.8) is 0 Å². The molecule has 2 nitrogen and oxygen atoms in total. The van der Waals surface area contributed by atoms with E-state index in [1.165, 1.54) is 36.1 Å². The molecule has 0 aliphatic heterocycles. The van der Waals surface area contributed by atoms with Crippen LogP contribution in [0, 0.1) is 12.8 Å². The molecule has 100 valence electrons. The molecule has 0 bridgehead atoms. The Morgan fingerprint density at radius 1 is 1.42 bits per heavy atom. The van der Waals surface area contributed by atoms with Gasteiger partial charge in [-0.3, -0.25) is 5.10 Å². The minimum atomic E-state index is 0.313. The van der Waals surface area contributed by atoms with E-state index < -0.39 is 0 Å². The van der Waals surface area contributed by atoms with Crippen molar-refractivity contribution in [3.8, 4) is 0 Å². The van der Waals surface area contributed by atoms with Crippen molar-refractivity contribution in [2.45, 2.75) is 37.0 Å². The van der Waals surface area contributed by atoms with Gasteiger partial charge in [-0.25, -0.2) is 0 Å². The molecule has 1 fully saturated rings. The van der Waals surface area contributed by atoms with E-state index in [4.69, 9.17) is 0 Å². The van der Waals surface area contributed by atoms with E-state index in [0.29, 0.717) is 28.9 Å². The standard InChI is InChI=1S/C15H17FN2S/c1-10-9-17-18-15(10)14(11-4-2-5-11)12-6-3-7-13(8-12)19-16/h3,6-9,11,14H,2,4-5H2,1H3,(H,17,18). The third-order valence-corrected chi connectivity index (χ3v) is 4.54. The van der Waals surface area contributed by atoms with E-state index in [0.717, 1.165) is 0 Å². The Morgan fingerprint density at radius 3 is 2.84 bits per heavy atom. The van der Waals surface area contributed by atoms with Crippen LogP contribution in [-0.4, -0.2) is 10.2 Å². The van der Waals surface area contributed by atoms with Gasteiger partial charge in [0, 0.05) is 16.5 Å². The Balaban J connectivity index is 2.01. The molecule has 2 aromatic rings. The van der Waals surface area contributed by atoms with Crippen LogP contribution >= 0.6 is 12.1 Å². The van der Waals surface area contributed by atoms with Crippen molar-refractivity contribution >= 4 is 12.1 Å². The third-order valence-electron chi connectivity index (χ3n) is 4.11.